The van der Waals surface area contributed by atoms with Gasteiger partial charge in [0.1, 0.15) is 6.04 Å². The summed E-state index contributed by atoms with van der Waals surface area (Å²) >= 11 is 0. The van der Waals surface area contributed by atoms with E-state index in [-0.39, 0.29) is 11.3 Å². The van der Waals surface area contributed by atoms with Gasteiger partial charge in [-0.25, -0.2) is 4.79 Å². The Hall–Kier alpha value is -1.84. The van der Waals surface area contributed by atoms with Gasteiger partial charge in [-0.15, -0.1) is 0 Å². The minimum atomic E-state index is -0.881. The number of likely N-dealkylation sites (tertiary alicyclic amines) is 1. The van der Waals surface area contributed by atoms with Gasteiger partial charge >= 0.3 is 5.97 Å². The van der Waals surface area contributed by atoms with Crippen molar-refractivity contribution >= 4 is 11.9 Å². The monoisotopic (exact) mass is 317 g/mol. The second-order valence-electron chi connectivity index (χ2n) is 7.38. The molecule has 1 saturated heterocycles. The number of aliphatic carboxylic acids is 1. The maximum absolute atomic E-state index is 12.2. The van der Waals surface area contributed by atoms with E-state index in [0.29, 0.717) is 19.4 Å². The van der Waals surface area contributed by atoms with Crippen LogP contribution in [-0.2, 0) is 21.4 Å². The van der Waals surface area contributed by atoms with Crippen molar-refractivity contribution in [3.8, 4) is 0 Å². The van der Waals surface area contributed by atoms with Crippen molar-refractivity contribution in [1.82, 2.24) is 4.90 Å². The van der Waals surface area contributed by atoms with E-state index in [1.165, 1.54) is 16.0 Å². The highest BCUT2D eigenvalue weighted by molar-refractivity contribution is 5.84. The summed E-state index contributed by atoms with van der Waals surface area (Å²) in [6, 6.07) is 7.94. The fourth-order valence-electron chi connectivity index (χ4n) is 3.08. The van der Waals surface area contributed by atoms with Crippen LogP contribution in [0.1, 0.15) is 57.6 Å². The lowest BCUT2D eigenvalue weighted by atomic mass is 9.86. The van der Waals surface area contributed by atoms with Crippen molar-refractivity contribution in [2.45, 2.75) is 64.3 Å². The van der Waals surface area contributed by atoms with E-state index in [1.54, 1.807) is 0 Å². The molecular formula is C19H27NO3. The Morgan fingerprint density at radius 1 is 1.22 bits per heavy atom. The molecule has 0 radical (unpaired) electrons. The summed E-state index contributed by atoms with van der Waals surface area (Å²) < 4.78 is 0. The molecule has 0 aromatic heterocycles. The van der Waals surface area contributed by atoms with E-state index >= 15 is 0 Å². The highest BCUT2D eigenvalue weighted by Gasteiger charge is 2.33. The van der Waals surface area contributed by atoms with Crippen molar-refractivity contribution in [2.24, 2.45) is 0 Å². The lowest BCUT2D eigenvalue weighted by Crippen LogP contribution is -2.40. The lowest BCUT2D eigenvalue weighted by molar-refractivity contribution is -0.148. The summed E-state index contributed by atoms with van der Waals surface area (Å²) in [6.07, 6.45) is 3.40. The van der Waals surface area contributed by atoms with Crippen LogP contribution in [0.15, 0.2) is 24.3 Å². The highest BCUT2D eigenvalue weighted by atomic mass is 16.4. The lowest BCUT2D eigenvalue weighted by Gasteiger charge is -2.21. The Morgan fingerprint density at radius 2 is 1.87 bits per heavy atom. The molecule has 1 atom stereocenters. The molecule has 1 aliphatic heterocycles. The quantitative estimate of drug-likeness (QED) is 0.905. The van der Waals surface area contributed by atoms with Crippen LogP contribution in [0.4, 0.5) is 0 Å². The number of carboxylic acids is 1. The number of carbonyl (C=O) groups excluding carboxylic acids is 1. The normalized spacial score (nSPS) is 18.2. The minimum Gasteiger partial charge on any atom is -0.480 e. The highest BCUT2D eigenvalue weighted by Crippen LogP contribution is 2.23. The average molecular weight is 317 g/mol. The molecule has 23 heavy (non-hydrogen) atoms. The summed E-state index contributed by atoms with van der Waals surface area (Å²) in [5, 5.41) is 9.13. The third-order valence-corrected chi connectivity index (χ3v) is 4.53. The number of benzene rings is 1. The average Bonchev–Trinajstić information content (AvgIpc) is 2.96. The Balaban J connectivity index is 1.83. The van der Waals surface area contributed by atoms with Gasteiger partial charge < -0.3 is 10.0 Å². The summed E-state index contributed by atoms with van der Waals surface area (Å²) in [6.45, 7) is 7.15. The van der Waals surface area contributed by atoms with Crippen LogP contribution in [0.3, 0.4) is 0 Å². The van der Waals surface area contributed by atoms with Crippen molar-refractivity contribution in [3.63, 3.8) is 0 Å². The third-order valence-electron chi connectivity index (χ3n) is 4.53. The third kappa shape index (κ3) is 4.57. The Morgan fingerprint density at radius 3 is 2.43 bits per heavy atom. The van der Waals surface area contributed by atoms with Crippen LogP contribution in [0, 0.1) is 0 Å². The predicted molar refractivity (Wildman–Crippen MR) is 90.5 cm³/mol. The molecule has 1 aromatic rings. The van der Waals surface area contributed by atoms with E-state index in [2.05, 4.69) is 45.0 Å². The van der Waals surface area contributed by atoms with Crippen LogP contribution < -0.4 is 0 Å². The number of rotatable bonds is 5. The molecule has 1 unspecified atom stereocenters. The topological polar surface area (TPSA) is 57.6 Å². The molecule has 0 spiro atoms. The molecule has 0 bridgehead atoms. The van der Waals surface area contributed by atoms with Gasteiger partial charge in [0.2, 0.25) is 5.91 Å². The van der Waals surface area contributed by atoms with E-state index in [1.807, 2.05) is 0 Å². The van der Waals surface area contributed by atoms with Crippen LogP contribution >= 0.6 is 0 Å². The molecule has 0 saturated carbocycles. The number of amides is 1. The number of hydrogen-bond acceptors (Lipinski definition) is 2. The fraction of sp³-hybridized carbons (Fsp3) is 0.579. The van der Waals surface area contributed by atoms with E-state index in [0.717, 1.165) is 19.3 Å². The fourth-order valence-corrected chi connectivity index (χ4v) is 3.08. The van der Waals surface area contributed by atoms with Gasteiger partial charge in [0.05, 0.1) is 0 Å². The number of carbonyl (C=O) groups is 2. The van der Waals surface area contributed by atoms with Gasteiger partial charge in [-0.2, -0.15) is 0 Å². The Kier molecular flexibility index (Phi) is 5.45. The predicted octanol–water partition coefficient (Wildman–Crippen LogP) is 3.38. The summed E-state index contributed by atoms with van der Waals surface area (Å²) in [4.78, 5) is 24.9. The van der Waals surface area contributed by atoms with Gasteiger partial charge in [0.25, 0.3) is 0 Å². The first-order chi connectivity index (χ1) is 10.8. The van der Waals surface area contributed by atoms with Crippen LogP contribution in [0.2, 0.25) is 0 Å². The van der Waals surface area contributed by atoms with Crippen LogP contribution in [-0.4, -0.2) is 34.5 Å². The van der Waals surface area contributed by atoms with Gasteiger partial charge in [0.15, 0.2) is 0 Å². The minimum absolute atomic E-state index is 0.0267. The second kappa shape index (κ2) is 7.16. The molecule has 1 fully saturated rings. The second-order valence-corrected chi connectivity index (χ2v) is 7.38. The molecule has 1 N–H and O–H groups in total. The molecule has 1 amide bonds. The molecule has 126 valence electrons. The first-order valence-corrected chi connectivity index (χ1v) is 8.41. The van der Waals surface area contributed by atoms with Crippen LogP contribution in [0.5, 0.6) is 0 Å². The number of carboxylic acid groups (broad SMARTS) is 1. The molecule has 1 heterocycles. The van der Waals surface area contributed by atoms with Gasteiger partial charge in [-0.3, -0.25) is 4.79 Å². The van der Waals surface area contributed by atoms with Gasteiger partial charge in [0, 0.05) is 13.0 Å². The molecule has 1 aromatic carbocycles. The SMILES string of the molecule is CC(C)(C)c1ccc(CCCC(=O)N2CCCC2C(=O)O)cc1. The smallest absolute Gasteiger partial charge is 0.326 e. The molecule has 4 nitrogen and oxygen atoms in total. The van der Waals surface area contributed by atoms with Crippen LogP contribution in [0.25, 0.3) is 0 Å². The molecular weight excluding hydrogens is 290 g/mol. The zero-order valence-electron chi connectivity index (χ0n) is 14.3. The van der Waals surface area contributed by atoms with Crippen molar-refractivity contribution in [3.05, 3.63) is 35.4 Å². The zero-order valence-corrected chi connectivity index (χ0v) is 14.3. The number of hydrogen-bond donors (Lipinski definition) is 1. The summed E-state index contributed by atoms with van der Waals surface area (Å²) in [5.41, 5.74) is 2.68. The Bertz CT molecular complexity index is 557. The maximum atomic E-state index is 12.2. The number of nitrogens with zero attached hydrogens (tertiary/aromatic N) is 1. The summed E-state index contributed by atoms with van der Waals surface area (Å²) in [5.74, 6) is -0.908. The molecule has 0 aliphatic carbocycles. The summed E-state index contributed by atoms with van der Waals surface area (Å²) in [7, 11) is 0. The first kappa shape index (κ1) is 17.5. The van der Waals surface area contributed by atoms with Crippen molar-refractivity contribution < 1.29 is 14.7 Å². The number of aryl methyl sites for hydroxylation is 1. The van der Waals surface area contributed by atoms with E-state index in [4.69, 9.17) is 5.11 Å². The standard InChI is InChI=1S/C19H27NO3/c1-19(2,3)15-11-9-14(10-12-15)6-4-8-17(21)20-13-5-7-16(20)18(22)23/h9-12,16H,4-8,13H2,1-3H3,(H,22,23). The van der Waals surface area contributed by atoms with E-state index < -0.39 is 12.0 Å². The largest absolute Gasteiger partial charge is 0.480 e. The molecule has 2 rings (SSSR count). The molecule has 4 heteroatoms. The van der Waals surface area contributed by atoms with Crippen molar-refractivity contribution in [2.75, 3.05) is 6.54 Å². The first-order valence-electron chi connectivity index (χ1n) is 8.41. The van der Waals surface area contributed by atoms with Gasteiger partial charge in [-0.1, -0.05) is 45.0 Å². The Labute approximate surface area is 138 Å². The van der Waals surface area contributed by atoms with E-state index in [9.17, 15) is 9.59 Å². The zero-order chi connectivity index (χ0) is 17.0. The van der Waals surface area contributed by atoms with Crippen molar-refractivity contribution in [1.29, 1.82) is 0 Å². The molecule has 1 aliphatic rings. The van der Waals surface area contributed by atoms with Gasteiger partial charge in [-0.05, 0) is 42.2 Å². The maximum Gasteiger partial charge on any atom is 0.326 e.